The largest absolute Gasteiger partial charge is 0.387 e. The van der Waals surface area contributed by atoms with Crippen molar-refractivity contribution in [1.82, 2.24) is 0 Å². The van der Waals surface area contributed by atoms with Crippen molar-refractivity contribution in [2.24, 2.45) is 0 Å². The average molecular weight is 363 g/mol. The molecule has 0 fully saturated rings. The van der Waals surface area contributed by atoms with E-state index in [1.807, 2.05) is 48.5 Å². The van der Waals surface area contributed by atoms with E-state index in [1.165, 1.54) is 10.5 Å². The van der Waals surface area contributed by atoms with Gasteiger partial charge in [0.2, 0.25) is 0 Å². The standard InChI is InChI=1S/C24H26OS/c1-24(2,3)20-14-16-21(17-15-20)26-23(19-12-8-5-9-13-19)22(25)18-10-6-4-7-11-18/h4-17,22-23,25H,1-3H3/t22-,23-/m0/s1. The maximum Gasteiger partial charge on any atom is 0.0952 e. The first-order chi connectivity index (χ1) is 12.4. The van der Waals surface area contributed by atoms with Gasteiger partial charge in [-0.1, -0.05) is 93.6 Å². The van der Waals surface area contributed by atoms with Crippen LogP contribution in [-0.2, 0) is 5.41 Å². The van der Waals surface area contributed by atoms with Crippen molar-refractivity contribution in [2.75, 3.05) is 0 Å². The van der Waals surface area contributed by atoms with Crippen LogP contribution in [0.1, 0.15) is 48.8 Å². The molecule has 0 aromatic heterocycles. The normalized spacial score (nSPS) is 14.0. The second-order valence-electron chi connectivity index (χ2n) is 7.58. The molecule has 0 heterocycles. The molecule has 2 atom stereocenters. The van der Waals surface area contributed by atoms with Crippen LogP contribution in [0.5, 0.6) is 0 Å². The molecule has 0 radical (unpaired) electrons. The fourth-order valence-corrected chi connectivity index (χ4v) is 4.13. The van der Waals surface area contributed by atoms with Crippen molar-refractivity contribution in [2.45, 2.75) is 42.4 Å². The quantitative estimate of drug-likeness (QED) is 0.519. The molecule has 3 aromatic rings. The van der Waals surface area contributed by atoms with E-state index in [9.17, 15) is 5.11 Å². The summed E-state index contributed by atoms with van der Waals surface area (Å²) in [7, 11) is 0. The van der Waals surface area contributed by atoms with Crippen molar-refractivity contribution in [3.8, 4) is 0 Å². The molecule has 0 saturated carbocycles. The summed E-state index contributed by atoms with van der Waals surface area (Å²) in [4.78, 5) is 1.17. The van der Waals surface area contributed by atoms with E-state index in [1.54, 1.807) is 11.8 Å². The Morgan fingerprint density at radius 2 is 1.19 bits per heavy atom. The van der Waals surface area contributed by atoms with E-state index >= 15 is 0 Å². The molecule has 26 heavy (non-hydrogen) atoms. The number of thioether (sulfide) groups is 1. The molecule has 0 aliphatic rings. The third-order valence-electron chi connectivity index (χ3n) is 4.54. The highest BCUT2D eigenvalue weighted by atomic mass is 32.2. The van der Waals surface area contributed by atoms with Crippen LogP contribution in [0, 0.1) is 0 Å². The fourth-order valence-electron chi connectivity index (χ4n) is 2.96. The molecular weight excluding hydrogens is 336 g/mol. The first kappa shape index (κ1) is 18.8. The summed E-state index contributed by atoms with van der Waals surface area (Å²) in [5, 5.41) is 11.0. The summed E-state index contributed by atoms with van der Waals surface area (Å²) >= 11 is 1.71. The number of aliphatic hydroxyl groups excluding tert-OH is 1. The Hall–Kier alpha value is -2.03. The molecule has 0 bridgehead atoms. The van der Waals surface area contributed by atoms with E-state index in [4.69, 9.17) is 0 Å². The van der Waals surface area contributed by atoms with Gasteiger partial charge in [-0.3, -0.25) is 0 Å². The predicted octanol–water partition coefficient (Wildman–Crippen LogP) is 6.55. The molecule has 3 rings (SSSR count). The number of benzene rings is 3. The molecule has 0 saturated heterocycles. The lowest BCUT2D eigenvalue weighted by Crippen LogP contribution is -2.10. The van der Waals surface area contributed by atoms with Gasteiger partial charge in [0.05, 0.1) is 11.4 Å². The van der Waals surface area contributed by atoms with E-state index in [2.05, 4.69) is 57.2 Å². The highest BCUT2D eigenvalue weighted by Crippen LogP contribution is 2.44. The van der Waals surface area contributed by atoms with Crippen LogP contribution in [0.3, 0.4) is 0 Å². The molecule has 3 aromatic carbocycles. The zero-order valence-electron chi connectivity index (χ0n) is 15.6. The van der Waals surface area contributed by atoms with Crippen LogP contribution in [0.2, 0.25) is 0 Å². The second-order valence-corrected chi connectivity index (χ2v) is 8.79. The van der Waals surface area contributed by atoms with E-state index < -0.39 is 6.10 Å². The van der Waals surface area contributed by atoms with Gasteiger partial charge in [-0.25, -0.2) is 0 Å². The lowest BCUT2D eigenvalue weighted by atomic mass is 9.87. The summed E-state index contributed by atoms with van der Waals surface area (Å²) in [6, 6.07) is 28.9. The Labute approximate surface area is 161 Å². The van der Waals surface area contributed by atoms with Crippen LogP contribution in [0.15, 0.2) is 89.8 Å². The van der Waals surface area contributed by atoms with Crippen LogP contribution in [-0.4, -0.2) is 5.11 Å². The van der Waals surface area contributed by atoms with Crippen molar-refractivity contribution >= 4 is 11.8 Å². The van der Waals surface area contributed by atoms with Gasteiger partial charge in [0, 0.05) is 4.90 Å². The van der Waals surface area contributed by atoms with Crippen LogP contribution in [0.25, 0.3) is 0 Å². The maximum absolute atomic E-state index is 11.1. The summed E-state index contributed by atoms with van der Waals surface area (Å²) < 4.78 is 0. The smallest absolute Gasteiger partial charge is 0.0952 e. The van der Waals surface area contributed by atoms with E-state index in [0.717, 1.165) is 11.1 Å². The van der Waals surface area contributed by atoms with Gasteiger partial charge in [0.25, 0.3) is 0 Å². The summed E-state index contributed by atoms with van der Waals surface area (Å²) in [5.41, 5.74) is 3.54. The highest BCUT2D eigenvalue weighted by Gasteiger charge is 2.24. The molecule has 1 N–H and O–H groups in total. The van der Waals surface area contributed by atoms with Gasteiger partial charge in [-0.05, 0) is 34.2 Å². The molecule has 0 unspecified atom stereocenters. The van der Waals surface area contributed by atoms with Gasteiger partial charge in [0.1, 0.15) is 0 Å². The monoisotopic (exact) mass is 362 g/mol. The summed E-state index contributed by atoms with van der Waals surface area (Å²) in [6.45, 7) is 6.67. The highest BCUT2D eigenvalue weighted by molar-refractivity contribution is 7.99. The van der Waals surface area contributed by atoms with Crippen molar-refractivity contribution < 1.29 is 5.11 Å². The molecule has 0 amide bonds. The number of rotatable bonds is 5. The van der Waals surface area contributed by atoms with Crippen LogP contribution in [0.4, 0.5) is 0 Å². The average Bonchev–Trinajstić information content (AvgIpc) is 2.66. The SMILES string of the molecule is CC(C)(C)c1ccc(S[C@@H](c2ccccc2)[C@@H](O)c2ccccc2)cc1. The van der Waals surface area contributed by atoms with Crippen LogP contribution >= 0.6 is 11.8 Å². The molecule has 0 aliphatic carbocycles. The second kappa shape index (κ2) is 8.11. The molecule has 0 spiro atoms. The Balaban J connectivity index is 1.89. The Kier molecular flexibility index (Phi) is 5.85. The third-order valence-corrected chi connectivity index (χ3v) is 5.87. The van der Waals surface area contributed by atoms with E-state index in [0.29, 0.717) is 0 Å². The van der Waals surface area contributed by atoms with Crippen molar-refractivity contribution in [3.05, 3.63) is 102 Å². The Morgan fingerprint density at radius 1 is 0.692 bits per heavy atom. The lowest BCUT2D eigenvalue weighted by Gasteiger charge is -2.24. The van der Waals surface area contributed by atoms with Gasteiger partial charge >= 0.3 is 0 Å². The minimum absolute atomic E-state index is 0.0564. The number of hydrogen-bond donors (Lipinski definition) is 1. The summed E-state index contributed by atoms with van der Waals surface area (Å²) in [5.74, 6) is 0. The van der Waals surface area contributed by atoms with E-state index in [-0.39, 0.29) is 10.7 Å². The Bertz CT molecular complexity index is 804. The maximum atomic E-state index is 11.1. The molecule has 0 aliphatic heterocycles. The van der Waals surface area contributed by atoms with Crippen molar-refractivity contribution in [1.29, 1.82) is 0 Å². The Morgan fingerprint density at radius 3 is 1.69 bits per heavy atom. The molecule has 2 heteroatoms. The summed E-state index contributed by atoms with van der Waals surface area (Å²) in [6.07, 6.45) is -0.564. The van der Waals surface area contributed by atoms with Gasteiger partial charge in [0.15, 0.2) is 0 Å². The van der Waals surface area contributed by atoms with Crippen molar-refractivity contribution in [3.63, 3.8) is 0 Å². The minimum Gasteiger partial charge on any atom is -0.387 e. The molecule has 134 valence electrons. The number of hydrogen-bond acceptors (Lipinski definition) is 2. The van der Waals surface area contributed by atoms with Gasteiger partial charge < -0.3 is 5.11 Å². The van der Waals surface area contributed by atoms with Crippen LogP contribution < -0.4 is 0 Å². The zero-order valence-corrected chi connectivity index (χ0v) is 16.4. The molecular formula is C24H26OS. The lowest BCUT2D eigenvalue weighted by molar-refractivity contribution is 0.175. The minimum atomic E-state index is -0.564. The first-order valence-electron chi connectivity index (χ1n) is 9.00. The topological polar surface area (TPSA) is 20.2 Å². The molecule has 1 nitrogen and oxygen atoms in total. The zero-order chi connectivity index (χ0) is 18.6. The number of aliphatic hydroxyl groups is 1. The van der Waals surface area contributed by atoms with Gasteiger partial charge in [-0.15, -0.1) is 11.8 Å². The third kappa shape index (κ3) is 4.57. The predicted molar refractivity (Wildman–Crippen MR) is 112 cm³/mol. The fraction of sp³-hybridized carbons (Fsp3) is 0.250. The first-order valence-corrected chi connectivity index (χ1v) is 9.88. The van der Waals surface area contributed by atoms with Gasteiger partial charge in [-0.2, -0.15) is 0 Å².